The lowest BCUT2D eigenvalue weighted by Gasteiger charge is -2.31. The lowest BCUT2D eigenvalue weighted by molar-refractivity contribution is 0.110. The number of ether oxygens (including phenoxy) is 1. The first-order valence-corrected chi connectivity index (χ1v) is 7.51. The summed E-state index contributed by atoms with van der Waals surface area (Å²) >= 11 is 0. The SMILES string of the molecule is COC(=O)N1CCC[C@H](c2nccn2Cc2ccccn2)C1. The van der Waals surface area contributed by atoms with E-state index in [-0.39, 0.29) is 12.0 Å². The minimum Gasteiger partial charge on any atom is -0.453 e. The smallest absolute Gasteiger partial charge is 0.409 e. The number of aromatic nitrogens is 3. The first kappa shape index (κ1) is 14.6. The van der Waals surface area contributed by atoms with Crippen LogP contribution in [-0.4, -0.2) is 45.7 Å². The summed E-state index contributed by atoms with van der Waals surface area (Å²) in [6.07, 6.45) is 7.33. The maximum absolute atomic E-state index is 11.7. The Balaban J connectivity index is 1.75. The van der Waals surface area contributed by atoms with Gasteiger partial charge in [0.25, 0.3) is 0 Å². The molecule has 3 rings (SSSR count). The molecule has 1 aliphatic rings. The summed E-state index contributed by atoms with van der Waals surface area (Å²) in [5.74, 6) is 1.26. The van der Waals surface area contributed by atoms with E-state index in [0.29, 0.717) is 13.1 Å². The number of rotatable bonds is 3. The lowest BCUT2D eigenvalue weighted by Crippen LogP contribution is -2.39. The van der Waals surface area contributed by atoms with Gasteiger partial charge in [-0.25, -0.2) is 9.78 Å². The molecule has 0 radical (unpaired) electrons. The summed E-state index contributed by atoms with van der Waals surface area (Å²) in [5.41, 5.74) is 1.00. The molecule has 0 spiro atoms. The number of imidazole rings is 1. The molecule has 2 aromatic rings. The molecule has 0 saturated carbocycles. The second-order valence-corrected chi connectivity index (χ2v) is 5.49. The van der Waals surface area contributed by atoms with Crippen molar-refractivity contribution in [2.45, 2.75) is 25.3 Å². The molecule has 6 heteroatoms. The number of nitrogens with zero attached hydrogens (tertiary/aromatic N) is 4. The highest BCUT2D eigenvalue weighted by atomic mass is 16.5. The maximum atomic E-state index is 11.7. The van der Waals surface area contributed by atoms with E-state index < -0.39 is 0 Å². The molecule has 1 aliphatic heterocycles. The Morgan fingerprint density at radius 2 is 2.27 bits per heavy atom. The fourth-order valence-electron chi connectivity index (χ4n) is 2.96. The minimum atomic E-state index is -0.257. The van der Waals surface area contributed by atoms with E-state index in [4.69, 9.17) is 4.74 Å². The van der Waals surface area contributed by atoms with Gasteiger partial charge in [0, 0.05) is 37.6 Å². The van der Waals surface area contributed by atoms with Gasteiger partial charge in [0.05, 0.1) is 19.3 Å². The Morgan fingerprint density at radius 1 is 1.36 bits per heavy atom. The molecular formula is C16H20N4O2. The monoisotopic (exact) mass is 300 g/mol. The van der Waals surface area contributed by atoms with Crippen molar-refractivity contribution in [3.05, 3.63) is 48.3 Å². The Labute approximate surface area is 129 Å². The summed E-state index contributed by atoms with van der Waals surface area (Å²) in [4.78, 5) is 22.4. The zero-order valence-corrected chi connectivity index (χ0v) is 12.7. The number of piperidine rings is 1. The van der Waals surface area contributed by atoms with E-state index in [2.05, 4.69) is 14.5 Å². The van der Waals surface area contributed by atoms with Crippen LogP contribution in [0, 0.1) is 0 Å². The number of hydrogen-bond donors (Lipinski definition) is 0. The number of methoxy groups -OCH3 is 1. The Hall–Kier alpha value is -2.37. The van der Waals surface area contributed by atoms with Gasteiger partial charge in [0.1, 0.15) is 5.82 Å². The zero-order valence-electron chi connectivity index (χ0n) is 12.7. The Bertz CT molecular complexity index is 626. The van der Waals surface area contributed by atoms with Crippen LogP contribution < -0.4 is 0 Å². The number of likely N-dealkylation sites (tertiary alicyclic amines) is 1. The molecule has 1 amide bonds. The first-order valence-electron chi connectivity index (χ1n) is 7.51. The molecule has 0 unspecified atom stereocenters. The molecule has 0 aromatic carbocycles. The minimum absolute atomic E-state index is 0.242. The van der Waals surface area contributed by atoms with E-state index in [1.165, 1.54) is 7.11 Å². The van der Waals surface area contributed by atoms with Crippen LogP contribution in [0.15, 0.2) is 36.8 Å². The quantitative estimate of drug-likeness (QED) is 0.872. The highest BCUT2D eigenvalue weighted by Gasteiger charge is 2.27. The van der Waals surface area contributed by atoms with Crippen LogP contribution in [0.1, 0.15) is 30.3 Å². The summed E-state index contributed by atoms with van der Waals surface area (Å²) in [6, 6.07) is 5.90. The van der Waals surface area contributed by atoms with Gasteiger partial charge in [-0.2, -0.15) is 0 Å². The third kappa shape index (κ3) is 3.10. The van der Waals surface area contributed by atoms with E-state index in [9.17, 15) is 4.79 Å². The number of amides is 1. The molecule has 1 fully saturated rings. The highest BCUT2D eigenvalue weighted by Crippen LogP contribution is 2.26. The largest absolute Gasteiger partial charge is 0.453 e. The normalized spacial score (nSPS) is 18.2. The van der Waals surface area contributed by atoms with Gasteiger partial charge in [-0.05, 0) is 25.0 Å². The van der Waals surface area contributed by atoms with Gasteiger partial charge in [-0.3, -0.25) is 4.98 Å². The molecule has 0 bridgehead atoms. The summed E-state index contributed by atoms with van der Waals surface area (Å²) in [6.45, 7) is 2.11. The Morgan fingerprint density at radius 3 is 3.05 bits per heavy atom. The Kier molecular flexibility index (Phi) is 4.37. The molecule has 116 valence electrons. The maximum Gasteiger partial charge on any atom is 0.409 e. The van der Waals surface area contributed by atoms with Crippen LogP contribution in [-0.2, 0) is 11.3 Å². The number of pyridine rings is 1. The van der Waals surface area contributed by atoms with E-state index >= 15 is 0 Å². The van der Waals surface area contributed by atoms with Crippen LogP contribution in [0.25, 0.3) is 0 Å². The molecule has 1 atom stereocenters. The van der Waals surface area contributed by atoms with Crippen molar-refractivity contribution in [2.75, 3.05) is 20.2 Å². The van der Waals surface area contributed by atoms with E-state index in [1.54, 1.807) is 11.1 Å². The van der Waals surface area contributed by atoms with Crippen LogP contribution in [0.4, 0.5) is 4.79 Å². The fourth-order valence-corrected chi connectivity index (χ4v) is 2.96. The molecule has 0 aliphatic carbocycles. The van der Waals surface area contributed by atoms with Gasteiger partial charge in [0.2, 0.25) is 0 Å². The van der Waals surface area contributed by atoms with Crippen LogP contribution in [0.2, 0.25) is 0 Å². The van der Waals surface area contributed by atoms with Crippen LogP contribution >= 0.6 is 0 Å². The predicted molar refractivity (Wildman–Crippen MR) is 81.5 cm³/mol. The van der Waals surface area contributed by atoms with Crippen molar-refractivity contribution in [2.24, 2.45) is 0 Å². The molecule has 22 heavy (non-hydrogen) atoms. The van der Waals surface area contributed by atoms with Crippen molar-refractivity contribution in [3.63, 3.8) is 0 Å². The summed E-state index contributed by atoms with van der Waals surface area (Å²) in [7, 11) is 1.42. The van der Waals surface area contributed by atoms with Crippen LogP contribution in [0.3, 0.4) is 0 Å². The fraction of sp³-hybridized carbons (Fsp3) is 0.438. The van der Waals surface area contributed by atoms with Crippen molar-refractivity contribution < 1.29 is 9.53 Å². The number of carbonyl (C=O) groups is 1. The van der Waals surface area contributed by atoms with Crippen molar-refractivity contribution in [1.82, 2.24) is 19.4 Å². The highest BCUT2D eigenvalue weighted by molar-refractivity contribution is 5.67. The third-order valence-corrected chi connectivity index (χ3v) is 4.03. The van der Waals surface area contributed by atoms with Crippen molar-refractivity contribution in [1.29, 1.82) is 0 Å². The van der Waals surface area contributed by atoms with Gasteiger partial charge in [0.15, 0.2) is 0 Å². The first-order chi connectivity index (χ1) is 10.8. The van der Waals surface area contributed by atoms with E-state index in [0.717, 1.165) is 30.9 Å². The summed E-state index contributed by atoms with van der Waals surface area (Å²) in [5, 5.41) is 0. The predicted octanol–water partition coefficient (Wildman–Crippen LogP) is 2.27. The summed E-state index contributed by atoms with van der Waals surface area (Å²) < 4.78 is 6.95. The van der Waals surface area contributed by atoms with E-state index in [1.807, 2.05) is 30.6 Å². The standard InChI is InChI=1S/C16H20N4O2/c1-22-16(21)20-9-4-5-13(11-20)15-18-8-10-19(15)12-14-6-2-3-7-17-14/h2-3,6-8,10,13H,4-5,9,11-12H2,1H3/t13-/m0/s1. The van der Waals surface area contributed by atoms with Gasteiger partial charge < -0.3 is 14.2 Å². The molecule has 1 saturated heterocycles. The average Bonchev–Trinajstić information content (AvgIpc) is 3.03. The molecule has 6 nitrogen and oxygen atoms in total. The molecule has 0 N–H and O–H groups in total. The topological polar surface area (TPSA) is 60.2 Å². The van der Waals surface area contributed by atoms with Gasteiger partial charge in [-0.15, -0.1) is 0 Å². The van der Waals surface area contributed by atoms with Crippen molar-refractivity contribution >= 4 is 6.09 Å². The lowest BCUT2D eigenvalue weighted by atomic mass is 9.97. The van der Waals surface area contributed by atoms with Gasteiger partial charge in [-0.1, -0.05) is 6.07 Å². The second kappa shape index (κ2) is 6.60. The van der Waals surface area contributed by atoms with Gasteiger partial charge >= 0.3 is 6.09 Å². The number of hydrogen-bond acceptors (Lipinski definition) is 4. The average molecular weight is 300 g/mol. The second-order valence-electron chi connectivity index (χ2n) is 5.49. The third-order valence-electron chi connectivity index (χ3n) is 4.03. The zero-order chi connectivity index (χ0) is 15.4. The van der Waals surface area contributed by atoms with Crippen LogP contribution in [0.5, 0.6) is 0 Å². The molecule has 3 heterocycles. The number of carbonyl (C=O) groups excluding carboxylic acids is 1. The van der Waals surface area contributed by atoms with Crippen molar-refractivity contribution in [3.8, 4) is 0 Å². The molecular weight excluding hydrogens is 280 g/mol. The molecule has 2 aromatic heterocycles.